The van der Waals surface area contributed by atoms with Gasteiger partial charge in [-0.25, -0.2) is 4.39 Å². The van der Waals surface area contributed by atoms with Crippen LogP contribution in [0.1, 0.15) is 10.6 Å². The molecule has 28 heavy (non-hydrogen) atoms. The third-order valence-corrected chi connectivity index (χ3v) is 5.81. The summed E-state index contributed by atoms with van der Waals surface area (Å²) in [6, 6.07) is 10.7. The molecule has 3 heterocycles. The molecule has 8 heteroatoms. The molecule has 0 spiro atoms. The first kappa shape index (κ1) is 17.6. The van der Waals surface area contributed by atoms with Crippen molar-refractivity contribution in [3.63, 3.8) is 0 Å². The summed E-state index contributed by atoms with van der Waals surface area (Å²) in [5.41, 5.74) is 4.62. The Morgan fingerprint density at radius 1 is 1.21 bits per heavy atom. The average Bonchev–Trinajstić information content (AvgIpc) is 3.27. The van der Waals surface area contributed by atoms with E-state index < -0.39 is 0 Å². The van der Waals surface area contributed by atoms with E-state index in [1.807, 2.05) is 22.9 Å². The second-order valence-corrected chi connectivity index (χ2v) is 8.02. The molecule has 0 bridgehead atoms. The molecule has 142 valence electrons. The molecular weight excluding hydrogens is 399 g/mol. The first-order chi connectivity index (χ1) is 13.7. The van der Waals surface area contributed by atoms with E-state index in [1.54, 1.807) is 22.9 Å². The lowest BCUT2D eigenvalue weighted by molar-refractivity contribution is 0.219. The van der Waals surface area contributed by atoms with Crippen molar-refractivity contribution in [2.24, 2.45) is 0 Å². The lowest BCUT2D eigenvalue weighted by atomic mass is 10.1. The molecule has 0 aliphatic carbocycles. The SMILES string of the molecule is Fc1ccc2c(ccn2-c2cc(Cl)c3c(c2)CN(Cc2nncs2)CCO3)c1. The van der Waals surface area contributed by atoms with Crippen LogP contribution in [0.25, 0.3) is 16.6 Å². The number of ether oxygens (including phenoxy) is 1. The fraction of sp³-hybridized carbons (Fsp3) is 0.200. The van der Waals surface area contributed by atoms with Gasteiger partial charge < -0.3 is 9.30 Å². The molecule has 0 radical (unpaired) electrons. The van der Waals surface area contributed by atoms with Crippen molar-refractivity contribution >= 4 is 33.8 Å². The van der Waals surface area contributed by atoms with Gasteiger partial charge in [0.15, 0.2) is 0 Å². The highest BCUT2D eigenvalue weighted by atomic mass is 35.5. The number of nitrogens with zero attached hydrogens (tertiary/aromatic N) is 4. The van der Waals surface area contributed by atoms with Gasteiger partial charge >= 0.3 is 0 Å². The van der Waals surface area contributed by atoms with E-state index in [0.29, 0.717) is 18.2 Å². The van der Waals surface area contributed by atoms with Crippen LogP contribution >= 0.6 is 22.9 Å². The number of aromatic nitrogens is 3. The summed E-state index contributed by atoms with van der Waals surface area (Å²) in [4.78, 5) is 2.27. The van der Waals surface area contributed by atoms with E-state index >= 15 is 0 Å². The van der Waals surface area contributed by atoms with Gasteiger partial charge in [0.1, 0.15) is 28.7 Å². The summed E-state index contributed by atoms with van der Waals surface area (Å²) in [5, 5.41) is 10.5. The van der Waals surface area contributed by atoms with Crippen LogP contribution in [0.15, 0.2) is 48.1 Å². The summed E-state index contributed by atoms with van der Waals surface area (Å²) in [7, 11) is 0. The number of hydrogen-bond donors (Lipinski definition) is 0. The smallest absolute Gasteiger partial charge is 0.142 e. The quantitative estimate of drug-likeness (QED) is 0.488. The normalized spacial score (nSPS) is 14.6. The molecule has 0 N–H and O–H groups in total. The second-order valence-electron chi connectivity index (χ2n) is 6.70. The van der Waals surface area contributed by atoms with Crippen LogP contribution in [-0.4, -0.2) is 32.8 Å². The van der Waals surface area contributed by atoms with Gasteiger partial charge in [0.25, 0.3) is 0 Å². The van der Waals surface area contributed by atoms with Gasteiger partial charge in [-0.15, -0.1) is 21.5 Å². The highest BCUT2D eigenvalue weighted by molar-refractivity contribution is 7.09. The predicted molar refractivity (Wildman–Crippen MR) is 108 cm³/mol. The van der Waals surface area contributed by atoms with Crippen LogP contribution in [-0.2, 0) is 13.1 Å². The monoisotopic (exact) mass is 414 g/mol. The zero-order valence-corrected chi connectivity index (χ0v) is 16.4. The van der Waals surface area contributed by atoms with E-state index in [0.717, 1.165) is 46.0 Å². The topological polar surface area (TPSA) is 43.2 Å². The van der Waals surface area contributed by atoms with Crippen molar-refractivity contribution in [1.82, 2.24) is 19.7 Å². The van der Waals surface area contributed by atoms with Gasteiger partial charge in [0.2, 0.25) is 0 Å². The van der Waals surface area contributed by atoms with Crippen molar-refractivity contribution in [2.45, 2.75) is 13.1 Å². The van der Waals surface area contributed by atoms with Gasteiger partial charge in [0, 0.05) is 35.9 Å². The average molecular weight is 415 g/mol. The first-order valence-electron chi connectivity index (χ1n) is 8.87. The number of hydrogen-bond acceptors (Lipinski definition) is 5. The molecule has 0 fully saturated rings. The van der Waals surface area contributed by atoms with E-state index in [4.69, 9.17) is 16.3 Å². The molecule has 0 saturated heterocycles. The zero-order valence-electron chi connectivity index (χ0n) is 14.8. The predicted octanol–water partition coefficient (Wildman–Crippen LogP) is 4.67. The highest BCUT2D eigenvalue weighted by Gasteiger charge is 2.20. The largest absolute Gasteiger partial charge is 0.490 e. The third kappa shape index (κ3) is 3.26. The Morgan fingerprint density at radius 2 is 2.14 bits per heavy atom. The lowest BCUT2D eigenvalue weighted by Crippen LogP contribution is -2.25. The fourth-order valence-electron chi connectivity index (χ4n) is 3.58. The first-order valence-corrected chi connectivity index (χ1v) is 10.1. The zero-order chi connectivity index (χ0) is 19.1. The van der Waals surface area contributed by atoms with Crippen LogP contribution in [0, 0.1) is 5.82 Å². The Morgan fingerprint density at radius 3 is 3.00 bits per heavy atom. The maximum absolute atomic E-state index is 13.5. The van der Waals surface area contributed by atoms with Gasteiger partial charge in [0.05, 0.1) is 17.1 Å². The van der Waals surface area contributed by atoms with E-state index in [2.05, 4.69) is 21.2 Å². The van der Waals surface area contributed by atoms with E-state index in [9.17, 15) is 4.39 Å². The molecule has 2 aromatic heterocycles. The molecule has 0 atom stereocenters. The summed E-state index contributed by atoms with van der Waals surface area (Å²) < 4.78 is 21.5. The highest BCUT2D eigenvalue weighted by Crippen LogP contribution is 2.35. The summed E-state index contributed by atoms with van der Waals surface area (Å²) in [5.74, 6) is 0.485. The van der Waals surface area contributed by atoms with Crippen LogP contribution in [0.2, 0.25) is 5.02 Å². The maximum Gasteiger partial charge on any atom is 0.142 e. The van der Waals surface area contributed by atoms with Gasteiger partial charge in [-0.3, -0.25) is 4.90 Å². The van der Waals surface area contributed by atoms with E-state index in [1.165, 1.54) is 12.1 Å². The van der Waals surface area contributed by atoms with Crippen LogP contribution in [0.5, 0.6) is 5.75 Å². The molecule has 1 aliphatic rings. The number of benzene rings is 2. The van der Waals surface area contributed by atoms with Crippen molar-refractivity contribution in [3.8, 4) is 11.4 Å². The molecule has 0 unspecified atom stereocenters. The van der Waals surface area contributed by atoms with Crippen molar-refractivity contribution in [2.75, 3.05) is 13.2 Å². The number of fused-ring (bicyclic) bond motifs is 2. The Kier molecular flexibility index (Phi) is 4.50. The van der Waals surface area contributed by atoms with Crippen molar-refractivity contribution in [3.05, 3.63) is 69.5 Å². The number of rotatable bonds is 3. The molecule has 5 rings (SSSR count). The Balaban J connectivity index is 1.53. The molecule has 4 aromatic rings. The molecule has 0 saturated carbocycles. The molecule has 1 aliphatic heterocycles. The minimum atomic E-state index is -0.245. The third-order valence-electron chi connectivity index (χ3n) is 4.85. The minimum absolute atomic E-state index is 0.245. The van der Waals surface area contributed by atoms with Gasteiger partial charge in [-0.1, -0.05) is 11.6 Å². The molecule has 5 nitrogen and oxygen atoms in total. The van der Waals surface area contributed by atoms with Crippen LogP contribution in [0.4, 0.5) is 4.39 Å². The second kappa shape index (κ2) is 7.16. The summed E-state index contributed by atoms with van der Waals surface area (Å²) in [6.07, 6.45) is 1.93. The fourth-order valence-corrected chi connectivity index (χ4v) is 4.43. The van der Waals surface area contributed by atoms with E-state index in [-0.39, 0.29) is 5.82 Å². The molecular formula is C20H16ClFN4OS. The van der Waals surface area contributed by atoms with Crippen LogP contribution in [0.3, 0.4) is 0 Å². The Bertz CT molecular complexity index is 1140. The lowest BCUT2D eigenvalue weighted by Gasteiger charge is -2.18. The van der Waals surface area contributed by atoms with Crippen LogP contribution < -0.4 is 4.74 Å². The maximum atomic E-state index is 13.5. The molecule has 0 amide bonds. The van der Waals surface area contributed by atoms with Crippen molar-refractivity contribution < 1.29 is 9.13 Å². The standard InChI is InChI=1S/C20H16ClFN4OS/c21-17-9-16(26-4-3-13-7-15(22)1-2-18(13)26)8-14-10-25(5-6-27-20(14)17)11-19-24-23-12-28-19/h1-4,7-9,12H,5-6,10-11H2. The van der Waals surface area contributed by atoms with Gasteiger partial charge in [-0.05, 0) is 36.4 Å². The molecule has 2 aromatic carbocycles. The van der Waals surface area contributed by atoms with Crippen molar-refractivity contribution in [1.29, 1.82) is 0 Å². The Hall–Kier alpha value is -2.48. The number of halogens is 2. The van der Waals surface area contributed by atoms with Gasteiger partial charge in [-0.2, -0.15) is 0 Å². The minimum Gasteiger partial charge on any atom is -0.490 e. The summed E-state index contributed by atoms with van der Waals surface area (Å²) >= 11 is 8.11. The Labute approximate surface area is 169 Å². The summed E-state index contributed by atoms with van der Waals surface area (Å²) in [6.45, 7) is 2.78.